The van der Waals surface area contributed by atoms with Gasteiger partial charge in [0.15, 0.2) is 0 Å². The molecule has 1 saturated carbocycles. The number of benzene rings is 1. The van der Waals surface area contributed by atoms with Crippen LogP contribution in [0.1, 0.15) is 24.5 Å². The van der Waals surface area contributed by atoms with Crippen LogP contribution in [0.15, 0.2) is 24.3 Å². The third-order valence-electron chi connectivity index (χ3n) is 2.74. The Kier molecular flexibility index (Phi) is 2.36. The first-order valence-electron chi connectivity index (χ1n) is 5.00. The van der Waals surface area contributed by atoms with Gasteiger partial charge in [0.05, 0.1) is 10.5 Å². The highest BCUT2D eigenvalue weighted by molar-refractivity contribution is 14.1. The molecule has 1 nitrogen and oxygen atoms in total. The zero-order chi connectivity index (χ0) is 10.4. The van der Waals surface area contributed by atoms with Crippen molar-refractivity contribution in [1.82, 2.24) is 4.98 Å². The SMILES string of the molecule is Clc1cc(C2CC2)nc2ccc(I)cc12. The van der Waals surface area contributed by atoms with Gasteiger partial charge in [-0.05, 0) is 59.7 Å². The molecule has 1 heterocycles. The minimum atomic E-state index is 0.658. The molecule has 3 rings (SSSR count). The molecule has 2 aromatic rings. The van der Waals surface area contributed by atoms with E-state index in [2.05, 4.69) is 45.8 Å². The second-order valence-corrected chi connectivity index (χ2v) is 5.62. The van der Waals surface area contributed by atoms with Gasteiger partial charge in [0.2, 0.25) is 0 Å². The van der Waals surface area contributed by atoms with Crippen LogP contribution in [0.2, 0.25) is 5.02 Å². The lowest BCUT2D eigenvalue weighted by atomic mass is 10.1. The van der Waals surface area contributed by atoms with Gasteiger partial charge < -0.3 is 0 Å². The third kappa shape index (κ3) is 1.85. The van der Waals surface area contributed by atoms with Gasteiger partial charge in [0.1, 0.15) is 0 Å². The standard InChI is InChI=1S/C12H9ClIN/c13-10-6-12(7-1-2-7)15-11-4-3-8(14)5-9(10)11/h3-7H,1-2H2. The van der Waals surface area contributed by atoms with Gasteiger partial charge in [-0.25, -0.2) is 0 Å². The fourth-order valence-corrected chi connectivity index (χ4v) is 2.52. The molecule has 3 heteroatoms. The Labute approximate surface area is 107 Å². The number of hydrogen-bond acceptors (Lipinski definition) is 1. The van der Waals surface area contributed by atoms with E-state index in [0.29, 0.717) is 5.92 Å². The molecule has 1 fully saturated rings. The van der Waals surface area contributed by atoms with Crippen LogP contribution in [0.25, 0.3) is 10.9 Å². The van der Waals surface area contributed by atoms with Crippen LogP contribution in [0, 0.1) is 3.57 Å². The van der Waals surface area contributed by atoms with Crippen molar-refractivity contribution >= 4 is 45.1 Å². The summed E-state index contributed by atoms with van der Waals surface area (Å²) >= 11 is 8.56. The highest BCUT2D eigenvalue weighted by Crippen LogP contribution is 2.41. The van der Waals surface area contributed by atoms with Crippen LogP contribution in [0.4, 0.5) is 0 Å². The highest BCUT2D eigenvalue weighted by Gasteiger charge is 2.25. The number of fused-ring (bicyclic) bond motifs is 1. The van der Waals surface area contributed by atoms with Crippen molar-refractivity contribution in [2.75, 3.05) is 0 Å². The molecule has 76 valence electrons. The quantitative estimate of drug-likeness (QED) is 0.708. The predicted octanol–water partition coefficient (Wildman–Crippen LogP) is 4.37. The lowest BCUT2D eigenvalue weighted by molar-refractivity contribution is 1.04. The summed E-state index contributed by atoms with van der Waals surface area (Å²) in [5, 5.41) is 1.90. The smallest absolute Gasteiger partial charge is 0.0721 e. The number of rotatable bonds is 1. The van der Waals surface area contributed by atoms with Gasteiger partial charge >= 0.3 is 0 Å². The molecular weight excluding hydrogens is 320 g/mol. The van der Waals surface area contributed by atoms with Crippen molar-refractivity contribution < 1.29 is 0 Å². The van der Waals surface area contributed by atoms with Gasteiger partial charge in [0.25, 0.3) is 0 Å². The molecule has 0 bridgehead atoms. The van der Waals surface area contributed by atoms with Crippen LogP contribution < -0.4 is 0 Å². The van der Waals surface area contributed by atoms with Crippen LogP contribution in [-0.4, -0.2) is 4.98 Å². The molecule has 0 N–H and O–H groups in total. The molecule has 1 aromatic carbocycles. The zero-order valence-corrected chi connectivity index (χ0v) is 10.9. The first-order valence-corrected chi connectivity index (χ1v) is 6.45. The van der Waals surface area contributed by atoms with E-state index in [1.807, 2.05) is 6.07 Å². The van der Waals surface area contributed by atoms with E-state index in [9.17, 15) is 0 Å². The van der Waals surface area contributed by atoms with E-state index in [4.69, 9.17) is 11.6 Å². The summed E-state index contributed by atoms with van der Waals surface area (Å²) in [5.41, 5.74) is 2.18. The Bertz CT molecular complexity index is 534. The van der Waals surface area contributed by atoms with Crippen LogP contribution in [-0.2, 0) is 0 Å². The van der Waals surface area contributed by atoms with E-state index in [0.717, 1.165) is 21.6 Å². The second-order valence-electron chi connectivity index (χ2n) is 3.96. The largest absolute Gasteiger partial charge is 0.252 e. The highest BCUT2D eigenvalue weighted by atomic mass is 127. The second kappa shape index (κ2) is 3.59. The maximum atomic E-state index is 6.26. The summed E-state index contributed by atoms with van der Waals surface area (Å²) in [6.07, 6.45) is 2.53. The molecule has 0 unspecified atom stereocenters. The molecule has 0 atom stereocenters. The Balaban J connectivity index is 2.26. The number of halogens is 2. The van der Waals surface area contributed by atoms with E-state index in [-0.39, 0.29) is 0 Å². The lowest BCUT2D eigenvalue weighted by Gasteiger charge is -2.04. The summed E-state index contributed by atoms with van der Waals surface area (Å²) < 4.78 is 1.20. The minimum Gasteiger partial charge on any atom is -0.252 e. The molecule has 1 aliphatic carbocycles. The van der Waals surface area contributed by atoms with Crippen LogP contribution in [0.3, 0.4) is 0 Å². The van der Waals surface area contributed by atoms with Gasteiger partial charge in [-0.3, -0.25) is 4.98 Å². The Hall–Kier alpha value is -0.350. The van der Waals surface area contributed by atoms with Crippen molar-refractivity contribution in [3.8, 4) is 0 Å². The van der Waals surface area contributed by atoms with Crippen LogP contribution >= 0.6 is 34.2 Å². The molecule has 0 spiro atoms. The molecule has 0 radical (unpaired) electrons. The van der Waals surface area contributed by atoms with Gasteiger partial charge in [-0.1, -0.05) is 11.6 Å². The molecule has 1 aliphatic rings. The fraction of sp³-hybridized carbons (Fsp3) is 0.250. The van der Waals surface area contributed by atoms with Crippen molar-refractivity contribution in [2.24, 2.45) is 0 Å². The zero-order valence-electron chi connectivity index (χ0n) is 8.00. The summed E-state index contributed by atoms with van der Waals surface area (Å²) in [6.45, 7) is 0. The summed E-state index contributed by atoms with van der Waals surface area (Å²) in [7, 11) is 0. The molecule has 1 aromatic heterocycles. The normalized spacial score (nSPS) is 15.9. The first kappa shape index (κ1) is 9.85. The van der Waals surface area contributed by atoms with E-state index in [1.54, 1.807) is 0 Å². The van der Waals surface area contributed by atoms with Gasteiger partial charge in [-0.15, -0.1) is 0 Å². The van der Waals surface area contributed by atoms with Crippen molar-refractivity contribution in [2.45, 2.75) is 18.8 Å². The minimum absolute atomic E-state index is 0.658. The topological polar surface area (TPSA) is 12.9 Å². The molecule has 15 heavy (non-hydrogen) atoms. The monoisotopic (exact) mass is 329 g/mol. The fourth-order valence-electron chi connectivity index (χ4n) is 1.76. The Morgan fingerprint density at radius 1 is 1.27 bits per heavy atom. The van der Waals surface area contributed by atoms with E-state index in [1.165, 1.54) is 16.4 Å². The van der Waals surface area contributed by atoms with Crippen molar-refractivity contribution in [3.63, 3.8) is 0 Å². The van der Waals surface area contributed by atoms with Crippen LogP contribution in [0.5, 0.6) is 0 Å². The molecule has 0 saturated heterocycles. The van der Waals surface area contributed by atoms with Crippen molar-refractivity contribution in [1.29, 1.82) is 0 Å². The summed E-state index contributed by atoms with van der Waals surface area (Å²) in [4.78, 5) is 4.65. The molecule has 0 amide bonds. The molecular formula is C12H9ClIN. The predicted molar refractivity (Wildman–Crippen MR) is 71.4 cm³/mol. The summed E-state index contributed by atoms with van der Waals surface area (Å²) in [5.74, 6) is 0.658. The summed E-state index contributed by atoms with van der Waals surface area (Å²) in [6, 6.07) is 8.23. The third-order valence-corrected chi connectivity index (χ3v) is 3.72. The maximum Gasteiger partial charge on any atom is 0.0721 e. The van der Waals surface area contributed by atoms with Gasteiger partial charge in [0, 0.05) is 20.6 Å². The molecule has 0 aliphatic heterocycles. The van der Waals surface area contributed by atoms with Gasteiger partial charge in [-0.2, -0.15) is 0 Å². The Morgan fingerprint density at radius 2 is 2.07 bits per heavy atom. The average molecular weight is 330 g/mol. The average Bonchev–Trinajstić information content (AvgIpc) is 3.02. The van der Waals surface area contributed by atoms with Crippen molar-refractivity contribution in [3.05, 3.63) is 38.6 Å². The lowest BCUT2D eigenvalue weighted by Crippen LogP contribution is -1.89. The number of nitrogens with zero attached hydrogens (tertiary/aromatic N) is 1. The number of aromatic nitrogens is 1. The first-order chi connectivity index (χ1) is 7.24. The Morgan fingerprint density at radius 3 is 2.80 bits per heavy atom. The van der Waals surface area contributed by atoms with E-state index >= 15 is 0 Å². The van der Waals surface area contributed by atoms with E-state index < -0.39 is 0 Å². The number of pyridine rings is 1. The number of hydrogen-bond donors (Lipinski definition) is 0. The maximum absolute atomic E-state index is 6.26.